The maximum absolute atomic E-state index is 8.21. The van der Waals surface area contributed by atoms with E-state index in [9.17, 15) is 0 Å². The Labute approximate surface area is 232 Å². The lowest BCUT2D eigenvalue weighted by molar-refractivity contribution is 0.381. The van der Waals surface area contributed by atoms with Gasteiger partial charge in [-0.15, -0.1) is 0 Å². The molecule has 2 fully saturated rings. The molecule has 0 unspecified atom stereocenters. The summed E-state index contributed by atoms with van der Waals surface area (Å²) in [5, 5.41) is 12.1. The highest BCUT2D eigenvalue weighted by Gasteiger charge is 2.36. The first kappa shape index (κ1) is 26.7. The van der Waals surface area contributed by atoms with Gasteiger partial charge in [0.1, 0.15) is 11.0 Å². The van der Waals surface area contributed by atoms with Crippen molar-refractivity contribution in [3.63, 3.8) is 0 Å². The van der Waals surface area contributed by atoms with Crippen LogP contribution in [-0.4, -0.2) is 28.8 Å². The lowest BCUT2D eigenvalue weighted by Gasteiger charge is -2.35. The van der Waals surface area contributed by atoms with Gasteiger partial charge in [-0.1, -0.05) is 61.7 Å². The minimum absolute atomic E-state index is 0.149. The van der Waals surface area contributed by atoms with Crippen molar-refractivity contribution in [2.45, 2.75) is 77.0 Å². The number of hydrogen-bond donors (Lipinski definition) is 2. The van der Waals surface area contributed by atoms with Gasteiger partial charge < -0.3 is 15.6 Å². The smallest absolute Gasteiger partial charge is 0.132 e. The number of nitrogens with zero attached hydrogens (tertiary/aromatic N) is 3. The molecule has 1 aliphatic heterocycles. The van der Waals surface area contributed by atoms with E-state index in [1.165, 1.54) is 68.3 Å². The van der Waals surface area contributed by atoms with E-state index in [4.69, 9.17) is 22.0 Å². The number of benzene rings is 1. The fourth-order valence-electron chi connectivity index (χ4n) is 6.34. The number of halogens is 1. The average Bonchev–Trinajstić information content (AvgIpc) is 3.43. The molecule has 0 bridgehead atoms. The first-order valence-electron chi connectivity index (χ1n) is 14.3. The second-order valence-electron chi connectivity index (χ2n) is 11.2. The zero-order chi connectivity index (χ0) is 26.5. The van der Waals surface area contributed by atoms with Crippen LogP contribution in [-0.2, 0) is 11.8 Å². The molecular weight excluding hydrogens is 490 g/mol. The molecule has 0 atom stereocenters. The van der Waals surface area contributed by atoms with Crippen molar-refractivity contribution in [1.82, 2.24) is 9.97 Å². The molecule has 3 aromatic rings. The predicted molar refractivity (Wildman–Crippen MR) is 159 cm³/mol. The van der Waals surface area contributed by atoms with E-state index in [0.29, 0.717) is 10.9 Å². The standard InChI is InChI=1S/C32H40ClN5/c1-3-32(15-7-8-16-32)29-19-26(20-31(37-29)36-28-21-30(33)35-22-27(28)23(2)34)38-17-13-25(14-18-38)12-11-24-9-5-4-6-10-24/h4-6,9-10,19-22,25,34H,3,7-8,11-18H2,1-2H3,(H,35,36,37). The largest absolute Gasteiger partial charge is 0.371 e. The number of anilines is 3. The molecule has 0 radical (unpaired) electrons. The zero-order valence-electron chi connectivity index (χ0n) is 22.8. The molecule has 200 valence electrons. The minimum atomic E-state index is 0.149. The van der Waals surface area contributed by atoms with Crippen molar-refractivity contribution in [3.8, 4) is 0 Å². The zero-order valence-corrected chi connectivity index (χ0v) is 23.5. The van der Waals surface area contributed by atoms with Gasteiger partial charge in [-0.25, -0.2) is 9.97 Å². The summed E-state index contributed by atoms with van der Waals surface area (Å²) in [6.45, 7) is 6.24. The average molecular weight is 530 g/mol. The molecule has 3 heterocycles. The van der Waals surface area contributed by atoms with Crippen molar-refractivity contribution in [2.24, 2.45) is 5.92 Å². The van der Waals surface area contributed by atoms with Gasteiger partial charge in [0.25, 0.3) is 0 Å². The van der Waals surface area contributed by atoms with E-state index < -0.39 is 0 Å². The third-order valence-electron chi connectivity index (χ3n) is 8.79. The highest BCUT2D eigenvalue weighted by Crippen LogP contribution is 2.44. The summed E-state index contributed by atoms with van der Waals surface area (Å²) in [5.74, 6) is 1.60. The fourth-order valence-corrected chi connectivity index (χ4v) is 6.50. The Morgan fingerprint density at radius 2 is 1.84 bits per heavy atom. The van der Waals surface area contributed by atoms with Crippen LogP contribution < -0.4 is 10.2 Å². The third kappa shape index (κ3) is 6.04. The van der Waals surface area contributed by atoms with E-state index in [2.05, 4.69) is 64.6 Å². The van der Waals surface area contributed by atoms with Crippen molar-refractivity contribution < 1.29 is 0 Å². The van der Waals surface area contributed by atoms with Crippen LogP contribution in [0.25, 0.3) is 0 Å². The number of hydrogen-bond acceptors (Lipinski definition) is 5. The fraction of sp³-hybridized carbons (Fsp3) is 0.469. The van der Waals surface area contributed by atoms with Gasteiger partial charge in [-0.05, 0) is 75.5 Å². The minimum Gasteiger partial charge on any atom is -0.371 e. The van der Waals surface area contributed by atoms with Gasteiger partial charge in [0.15, 0.2) is 0 Å². The van der Waals surface area contributed by atoms with E-state index in [0.717, 1.165) is 42.5 Å². The molecule has 1 saturated heterocycles. The lowest BCUT2D eigenvalue weighted by Crippen LogP contribution is -2.34. The van der Waals surface area contributed by atoms with Crippen molar-refractivity contribution in [1.29, 1.82) is 5.41 Å². The number of nitrogens with one attached hydrogen (secondary N) is 2. The predicted octanol–water partition coefficient (Wildman–Crippen LogP) is 8.33. The SMILES string of the molecule is CCC1(c2cc(N3CCC(CCc4ccccc4)CC3)cc(Nc3cc(Cl)ncc3C(C)=N)n2)CCCC1. The number of rotatable bonds is 9. The Bertz CT molecular complexity index is 1240. The quantitative estimate of drug-likeness (QED) is 0.216. The summed E-state index contributed by atoms with van der Waals surface area (Å²) < 4.78 is 0. The molecule has 1 aliphatic carbocycles. The van der Waals surface area contributed by atoms with Crippen LogP contribution in [0.3, 0.4) is 0 Å². The molecule has 0 amide bonds. The molecule has 38 heavy (non-hydrogen) atoms. The Morgan fingerprint density at radius 3 is 2.53 bits per heavy atom. The Balaban J connectivity index is 1.38. The molecule has 1 aromatic carbocycles. The monoisotopic (exact) mass is 529 g/mol. The number of aromatic nitrogens is 2. The first-order valence-corrected chi connectivity index (χ1v) is 14.6. The van der Waals surface area contributed by atoms with Crippen LogP contribution in [0.5, 0.6) is 0 Å². The van der Waals surface area contributed by atoms with Crippen LogP contribution in [0, 0.1) is 11.3 Å². The second-order valence-corrected chi connectivity index (χ2v) is 11.6. The summed E-state index contributed by atoms with van der Waals surface area (Å²) in [5.41, 5.74) is 6.03. The summed E-state index contributed by atoms with van der Waals surface area (Å²) in [6.07, 6.45) is 12.6. The Hall–Kier alpha value is -2.92. The van der Waals surface area contributed by atoms with E-state index in [1.54, 1.807) is 19.2 Å². The normalized spacial score (nSPS) is 17.5. The molecule has 0 spiro atoms. The summed E-state index contributed by atoms with van der Waals surface area (Å²) in [6, 6.07) is 17.2. The lowest BCUT2D eigenvalue weighted by atomic mass is 9.79. The van der Waals surface area contributed by atoms with E-state index >= 15 is 0 Å². The topological polar surface area (TPSA) is 64.9 Å². The molecular formula is C32H40ClN5. The van der Waals surface area contributed by atoms with Crippen LogP contribution in [0.4, 0.5) is 17.2 Å². The van der Waals surface area contributed by atoms with Crippen molar-refractivity contribution in [2.75, 3.05) is 23.3 Å². The molecule has 2 N–H and O–H groups in total. The Morgan fingerprint density at radius 1 is 1.11 bits per heavy atom. The van der Waals surface area contributed by atoms with Crippen LogP contribution in [0.15, 0.2) is 54.7 Å². The third-order valence-corrected chi connectivity index (χ3v) is 9.00. The van der Waals surface area contributed by atoms with Gasteiger partial charge in [0, 0.05) is 47.7 Å². The first-order chi connectivity index (χ1) is 18.5. The molecule has 5 rings (SSSR count). The molecule has 2 aromatic heterocycles. The van der Waals surface area contributed by atoms with Crippen LogP contribution >= 0.6 is 11.6 Å². The highest BCUT2D eigenvalue weighted by atomic mass is 35.5. The van der Waals surface area contributed by atoms with Crippen LogP contribution in [0.1, 0.15) is 82.0 Å². The maximum Gasteiger partial charge on any atom is 0.132 e. The Kier molecular flexibility index (Phi) is 8.32. The maximum atomic E-state index is 8.21. The molecule has 1 saturated carbocycles. The number of piperidine rings is 1. The van der Waals surface area contributed by atoms with Crippen molar-refractivity contribution >= 4 is 34.5 Å². The van der Waals surface area contributed by atoms with Gasteiger partial charge in [0.05, 0.1) is 11.4 Å². The van der Waals surface area contributed by atoms with Gasteiger partial charge in [0.2, 0.25) is 0 Å². The van der Waals surface area contributed by atoms with Gasteiger partial charge in [-0.3, -0.25) is 0 Å². The summed E-state index contributed by atoms with van der Waals surface area (Å²) in [7, 11) is 0. The van der Waals surface area contributed by atoms with E-state index in [1.807, 2.05) is 0 Å². The molecule has 2 aliphatic rings. The van der Waals surface area contributed by atoms with Crippen LogP contribution in [0.2, 0.25) is 5.15 Å². The highest BCUT2D eigenvalue weighted by molar-refractivity contribution is 6.29. The number of pyridine rings is 2. The number of aryl methyl sites for hydroxylation is 1. The second kappa shape index (κ2) is 11.9. The molecule has 5 nitrogen and oxygen atoms in total. The van der Waals surface area contributed by atoms with Gasteiger partial charge in [-0.2, -0.15) is 0 Å². The summed E-state index contributed by atoms with van der Waals surface area (Å²) in [4.78, 5) is 11.9. The van der Waals surface area contributed by atoms with E-state index in [-0.39, 0.29) is 5.41 Å². The molecule has 6 heteroatoms. The van der Waals surface area contributed by atoms with Crippen molar-refractivity contribution in [3.05, 3.63) is 76.7 Å². The van der Waals surface area contributed by atoms with Gasteiger partial charge >= 0.3 is 0 Å². The summed E-state index contributed by atoms with van der Waals surface area (Å²) >= 11 is 6.25.